The minimum atomic E-state index is -1.16. The van der Waals surface area contributed by atoms with Crippen molar-refractivity contribution >= 4 is 23.4 Å². The van der Waals surface area contributed by atoms with E-state index in [0.29, 0.717) is 17.3 Å². The second kappa shape index (κ2) is 10.2. The van der Waals surface area contributed by atoms with Crippen LogP contribution in [0.4, 0.5) is 26.5 Å². The van der Waals surface area contributed by atoms with Crippen molar-refractivity contribution in [1.82, 2.24) is 30.3 Å². The third-order valence-electron chi connectivity index (χ3n) is 5.91. The van der Waals surface area contributed by atoms with E-state index in [1.807, 2.05) is 6.07 Å². The molecule has 1 fully saturated rings. The molecule has 1 aliphatic rings. The minimum Gasteiger partial charge on any atom is -0.479 e. The average Bonchev–Trinajstić information content (AvgIpc) is 3.33. The summed E-state index contributed by atoms with van der Waals surface area (Å²) in [6.45, 7) is 1.72. The molecule has 1 saturated carbocycles. The zero-order valence-electron chi connectivity index (χ0n) is 19.1. The highest BCUT2D eigenvalue weighted by molar-refractivity contribution is 5.67. The van der Waals surface area contributed by atoms with Crippen molar-refractivity contribution in [3.8, 4) is 17.6 Å². The fourth-order valence-electron chi connectivity index (χ4n) is 3.97. The standard InChI is InChI=1S/C22H24FN9O3/c1-12(27-22(33)34)18(13-4-3-5-13)29-20-16(23)8-14(10-24)19(30-20)28-15-9-17(21(35-2)25-11-15)32-7-6-26-31-32/h6-9,11-13,18,27H,3-5H2,1-2H3,(H,33,34)(H2,28,29,30)/t12-,18-/m0/s1. The van der Waals surface area contributed by atoms with Crippen LogP contribution < -0.4 is 20.7 Å². The van der Waals surface area contributed by atoms with Crippen molar-refractivity contribution in [2.75, 3.05) is 17.7 Å². The van der Waals surface area contributed by atoms with Gasteiger partial charge in [-0.2, -0.15) is 5.26 Å². The Morgan fingerprint density at radius 3 is 2.77 bits per heavy atom. The van der Waals surface area contributed by atoms with E-state index in [2.05, 4.69) is 36.2 Å². The number of nitrogens with zero attached hydrogens (tertiary/aromatic N) is 6. The number of carboxylic acid groups (broad SMARTS) is 1. The first kappa shape index (κ1) is 23.7. The first-order chi connectivity index (χ1) is 16.9. The number of nitrogens with one attached hydrogen (secondary N) is 3. The molecular formula is C22H24FN9O3. The number of anilines is 3. The van der Waals surface area contributed by atoms with Gasteiger partial charge in [-0.25, -0.2) is 23.8 Å². The van der Waals surface area contributed by atoms with Gasteiger partial charge in [0.05, 0.1) is 43.0 Å². The summed E-state index contributed by atoms with van der Waals surface area (Å²) in [5.74, 6) is -0.213. The Morgan fingerprint density at radius 1 is 1.37 bits per heavy atom. The van der Waals surface area contributed by atoms with Gasteiger partial charge in [0.1, 0.15) is 11.8 Å². The summed E-state index contributed by atoms with van der Waals surface area (Å²) in [6, 6.07) is 3.84. The monoisotopic (exact) mass is 481 g/mol. The molecule has 4 N–H and O–H groups in total. The Bertz CT molecular complexity index is 1240. The quantitative estimate of drug-likeness (QED) is 0.357. The second-order valence-electron chi connectivity index (χ2n) is 8.15. The molecule has 3 aromatic heterocycles. The first-order valence-electron chi connectivity index (χ1n) is 10.9. The second-order valence-corrected chi connectivity index (χ2v) is 8.15. The summed E-state index contributed by atoms with van der Waals surface area (Å²) in [5, 5.41) is 34.9. The fourth-order valence-corrected chi connectivity index (χ4v) is 3.97. The Kier molecular flexibility index (Phi) is 6.91. The maximum atomic E-state index is 14.9. The highest BCUT2D eigenvalue weighted by atomic mass is 19.1. The molecule has 3 heterocycles. The number of nitriles is 1. The number of pyridine rings is 2. The number of halogens is 1. The molecule has 182 valence electrons. The van der Waals surface area contributed by atoms with E-state index in [1.165, 1.54) is 24.2 Å². The van der Waals surface area contributed by atoms with Crippen LogP contribution in [0.5, 0.6) is 5.88 Å². The van der Waals surface area contributed by atoms with E-state index < -0.39 is 18.0 Å². The molecule has 0 unspecified atom stereocenters. The number of amides is 1. The minimum absolute atomic E-state index is 0.0110. The molecule has 0 radical (unpaired) electrons. The van der Waals surface area contributed by atoms with Gasteiger partial charge < -0.3 is 25.8 Å². The number of carbonyl (C=O) groups is 1. The van der Waals surface area contributed by atoms with Crippen molar-refractivity contribution in [3.63, 3.8) is 0 Å². The summed E-state index contributed by atoms with van der Waals surface area (Å²) in [4.78, 5) is 19.7. The summed E-state index contributed by atoms with van der Waals surface area (Å²) < 4.78 is 21.6. The summed E-state index contributed by atoms with van der Waals surface area (Å²) >= 11 is 0. The Hall–Kier alpha value is -4.47. The van der Waals surface area contributed by atoms with Crippen LogP contribution in [0.2, 0.25) is 0 Å². The number of hydrogen-bond donors (Lipinski definition) is 4. The van der Waals surface area contributed by atoms with Crippen LogP contribution in [-0.4, -0.2) is 55.4 Å². The SMILES string of the molecule is COc1ncc(Nc2nc(N[C@H](C3CCC3)[C@H](C)NC(=O)O)c(F)cc2C#N)cc1-n1ccnn1. The lowest BCUT2D eigenvalue weighted by Crippen LogP contribution is -2.50. The molecule has 35 heavy (non-hydrogen) atoms. The third kappa shape index (κ3) is 5.21. The summed E-state index contributed by atoms with van der Waals surface area (Å²) in [6.07, 6.45) is 6.27. The first-order valence-corrected chi connectivity index (χ1v) is 10.9. The van der Waals surface area contributed by atoms with Crippen molar-refractivity contribution in [2.24, 2.45) is 5.92 Å². The van der Waals surface area contributed by atoms with Crippen LogP contribution >= 0.6 is 0 Å². The summed E-state index contributed by atoms with van der Waals surface area (Å²) in [5.41, 5.74) is 0.935. The van der Waals surface area contributed by atoms with E-state index in [0.717, 1.165) is 25.3 Å². The molecule has 1 amide bonds. The number of aromatic nitrogens is 5. The van der Waals surface area contributed by atoms with Gasteiger partial charge in [0.25, 0.3) is 0 Å². The van der Waals surface area contributed by atoms with E-state index in [1.54, 1.807) is 19.2 Å². The molecule has 13 heteroatoms. The highest BCUT2D eigenvalue weighted by Gasteiger charge is 2.33. The number of ether oxygens (including phenoxy) is 1. The Balaban J connectivity index is 1.64. The van der Waals surface area contributed by atoms with Gasteiger partial charge in [0.15, 0.2) is 17.5 Å². The molecule has 0 spiro atoms. The van der Waals surface area contributed by atoms with Crippen molar-refractivity contribution in [1.29, 1.82) is 5.26 Å². The average molecular weight is 481 g/mol. The van der Waals surface area contributed by atoms with Gasteiger partial charge >= 0.3 is 6.09 Å². The molecule has 0 aromatic carbocycles. The van der Waals surface area contributed by atoms with Gasteiger partial charge in [-0.1, -0.05) is 11.6 Å². The number of hydrogen-bond acceptors (Lipinski definition) is 9. The molecule has 0 bridgehead atoms. The van der Waals surface area contributed by atoms with E-state index in [-0.39, 0.29) is 29.2 Å². The van der Waals surface area contributed by atoms with Crippen LogP contribution in [0.15, 0.2) is 30.7 Å². The van der Waals surface area contributed by atoms with Crippen molar-refractivity contribution in [3.05, 3.63) is 42.1 Å². The highest BCUT2D eigenvalue weighted by Crippen LogP contribution is 2.34. The largest absolute Gasteiger partial charge is 0.479 e. The Labute approximate surface area is 200 Å². The van der Waals surface area contributed by atoms with E-state index in [4.69, 9.17) is 9.84 Å². The van der Waals surface area contributed by atoms with Crippen LogP contribution in [0, 0.1) is 23.1 Å². The van der Waals surface area contributed by atoms with Gasteiger partial charge in [-0.15, -0.1) is 5.10 Å². The van der Waals surface area contributed by atoms with Crippen LogP contribution in [-0.2, 0) is 0 Å². The van der Waals surface area contributed by atoms with Gasteiger partial charge in [0, 0.05) is 6.04 Å². The molecule has 4 rings (SSSR count). The number of rotatable bonds is 9. The fraction of sp³-hybridized carbons (Fsp3) is 0.364. The third-order valence-corrected chi connectivity index (χ3v) is 5.91. The van der Waals surface area contributed by atoms with Crippen molar-refractivity contribution in [2.45, 2.75) is 38.3 Å². The number of methoxy groups -OCH3 is 1. The maximum Gasteiger partial charge on any atom is 0.404 e. The van der Waals surface area contributed by atoms with Crippen molar-refractivity contribution < 1.29 is 19.0 Å². The lowest BCUT2D eigenvalue weighted by molar-refractivity contribution is 0.180. The van der Waals surface area contributed by atoms with E-state index in [9.17, 15) is 14.4 Å². The lowest BCUT2D eigenvalue weighted by atomic mass is 9.77. The molecule has 2 atom stereocenters. The summed E-state index contributed by atoms with van der Waals surface area (Å²) in [7, 11) is 1.47. The predicted molar refractivity (Wildman–Crippen MR) is 123 cm³/mol. The molecular weight excluding hydrogens is 457 g/mol. The maximum absolute atomic E-state index is 14.9. The lowest BCUT2D eigenvalue weighted by Gasteiger charge is -2.38. The molecule has 3 aromatic rings. The molecule has 0 aliphatic heterocycles. The molecule has 0 saturated heterocycles. The van der Waals surface area contributed by atoms with Crippen LogP contribution in [0.1, 0.15) is 31.7 Å². The van der Waals surface area contributed by atoms with E-state index >= 15 is 0 Å². The molecule has 1 aliphatic carbocycles. The molecule has 12 nitrogen and oxygen atoms in total. The normalized spacial score (nSPS) is 14.8. The van der Waals surface area contributed by atoms with Gasteiger partial charge in [-0.05, 0) is 37.8 Å². The zero-order chi connectivity index (χ0) is 24.9. The Morgan fingerprint density at radius 2 is 2.17 bits per heavy atom. The zero-order valence-corrected chi connectivity index (χ0v) is 19.1. The predicted octanol–water partition coefficient (Wildman–Crippen LogP) is 3.06. The van der Waals surface area contributed by atoms with Gasteiger partial charge in [0.2, 0.25) is 5.88 Å². The smallest absolute Gasteiger partial charge is 0.404 e. The van der Waals surface area contributed by atoms with Crippen LogP contribution in [0.25, 0.3) is 5.69 Å². The van der Waals surface area contributed by atoms with Gasteiger partial charge in [-0.3, -0.25) is 0 Å². The topological polar surface area (TPSA) is 163 Å². The van der Waals surface area contributed by atoms with Crippen LogP contribution in [0.3, 0.4) is 0 Å².